The van der Waals surface area contributed by atoms with Gasteiger partial charge in [0.2, 0.25) is 11.8 Å². The Kier molecular flexibility index (Phi) is 3.86. The zero-order chi connectivity index (χ0) is 16.6. The third kappa shape index (κ3) is 3.11. The summed E-state index contributed by atoms with van der Waals surface area (Å²) >= 11 is 0. The Balaban J connectivity index is 1.33. The molecule has 8 heteroatoms. The van der Waals surface area contributed by atoms with Crippen molar-refractivity contribution in [2.75, 3.05) is 37.7 Å². The number of hydrogen-bond donors (Lipinski definition) is 0. The van der Waals surface area contributed by atoms with Gasteiger partial charge in [-0.3, -0.25) is 4.90 Å². The van der Waals surface area contributed by atoms with E-state index in [0.29, 0.717) is 12.5 Å². The van der Waals surface area contributed by atoms with E-state index in [-0.39, 0.29) is 0 Å². The Bertz CT molecular complexity index is 753. The van der Waals surface area contributed by atoms with Crippen LogP contribution in [0.25, 0.3) is 0 Å². The van der Waals surface area contributed by atoms with Gasteiger partial charge in [-0.25, -0.2) is 9.97 Å². The van der Waals surface area contributed by atoms with Crippen molar-refractivity contribution in [3.8, 4) is 0 Å². The molecule has 0 spiro atoms. The lowest BCUT2D eigenvalue weighted by Gasteiger charge is -2.33. The predicted molar refractivity (Wildman–Crippen MR) is 89.2 cm³/mol. The van der Waals surface area contributed by atoms with Gasteiger partial charge >= 0.3 is 0 Å². The second-order valence-electron chi connectivity index (χ2n) is 6.99. The second-order valence-corrected chi connectivity index (χ2v) is 6.99. The summed E-state index contributed by atoms with van der Waals surface area (Å²) in [5, 5.41) is 8.41. The van der Waals surface area contributed by atoms with Crippen molar-refractivity contribution in [2.24, 2.45) is 0 Å². The number of nitrogens with zero attached hydrogens (tertiary/aromatic N) is 6. The molecule has 5 rings (SSSR count). The summed E-state index contributed by atoms with van der Waals surface area (Å²) in [6.07, 6.45) is 4.98. The van der Waals surface area contributed by atoms with Crippen molar-refractivity contribution < 1.29 is 9.15 Å². The predicted octanol–water partition coefficient (Wildman–Crippen LogP) is 1.13. The van der Waals surface area contributed by atoms with Crippen molar-refractivity contribution in [3.05, 3.63) is 29.4 Å². The summed E-state index contributed by atoms with van der Waals surface area (Å²) in [6.45, 7) is 5.76. The van der Waals surface area contributed by atoms with Gasteiger partial charge in [-0.15, -0.1) is 10.2 Å². The van der Waals surface area contributed by atoms with E-state index >= 15 is 0 Å². The molecule has 1 saturated carbocycles. The lowest BCUT2D eigenvalue weighted by atomic mass is 10.1. The molecule has 0 unspecified atom stereocenters. The van der Waals surface area contributed by atoms with E-state index in [9.17, 15) is 0 Å². The molecule has 25 heavy (non-hydrogen) atoms. The van der Waals surface area contributed by atoms with Gasteiger partial charge in [0.15, 0.2) is 0 Å². The molecule has 132 valence electrons. The molecule has 1 aliphatic carbocycles. The number of hydrogen-bond acceptors (Lipinski definition) is 8. The van der Waals surface area contributed by atoms with Crippen molar-refractivity contribution in [1.82, 2.24) is 25.1 Å². The molecule has 0 amide bonds. The van der Waals surface area contributed by atoms with E-state index in [2.05, 4.69) is 30.0 Å². The number of rotatable bonds is 4. The highest BCUT2D eigenvalue weighted by atomic mass is 16.5. The Morgan fingerprint density at radius 1 is 1.08 bits per heavy atom. The van der Waals surface area contributed by atoms with Crippen LogP contribution in [0.15, 0.2) is 10.7 Å². The van der Waals surface area contributed by atoms with Crippen LogP contribution in [0.3, 0.4) is 0 Å². The average Bonchev–Trinajstić information content (AvgIpc) is 3.41. The highest BCUT2D eigenvalue weighted by molar-refractivity contribution is 5.49. The Morgan fingerprint density at radius 3 is 2.80 bits per heavy atom. The van der Waals surface area contributed by atoms with Gasteiger partial charge in [0.05, 0.1) is 25.5 Å². The van der Waals surface area contributed by atoms with Gasteiger partial charge < -0.3 is 14.1 Å². The van der Waals surface area contributed by atoms with Crippen LogP contribution < -0.4 is 4.90 Å². The topological polar surface area (TPSA) is 80.4 Å². The SMILES string of the molecule is c1nc2c(c(N3CCOCC3)n1)CN(Cc1nnc(C3CC3)o1)CC2. The van der Waals surface area contributed by atoms with Crippen LogP contribution >= 0.6 is 0 Å². The minimum atomic E-state index is 0.504. The van der Waals surface area contributed by atoms with E-state index in [4.69, 9.17) is 9.15 Å². The van der Waals surface area contributed by atoms with Gasteiger partial charge in [-0.1, -0.05) is 0 Å². The lowest BCUT2D eigenvalue weighted by Crippen LogP contribution is -2.39. The zero-order valence-electron chi connectivity index (χ0n) is 14.2. The highest BCUT2D eigenvalue weighted by Gasteiger charge is 2.30. The molecule has 2 aromatic rings. The highest BCUT2D eigenvalue weighted by Crippen LogP contribution is 2.39. The molecule has 0 bridgehead atoms. The molecule has 0 aromatic carbocycles. The van der Waals surface area contributed by atoms with Gasteiger partial charge in [-0.2, -0.15) is 0 Å². The lowest BCUT2D eigenvalue weighted by molar-refractivity contribution is 0.122. The largest absolute Gasteiger partial charge is 0.424 e. The maximum Gasteiger partial charge on any atom is 0.230 e. The van der Waals surface area contributed by atoms with E-state index in [1.807, 2.05) is 0 Å². The third-order valence-electron chi connectivity index (χ3n) is 5.14. The van der Waals surface area contributed by atoms with E-state index in [1.165, 1.54) is 18.4 Å². The molecule has 0 radical (unpaired) electrons. The standard InChI is InChI=1S/C17H22N6O2/c1-2-12(1)17-21-20-15(25-17)10-22-4-3-14-13(9-22)16(19-11-18-14)23-5-7-24-8-6-23/h11-12H,1-10H2. The molecule has 2 fully saturated rings. The summed E-state index contributed by atoms with van der Waals surface area (Å²) < 4.78 is 11.3. The molecule has 4 heterocycles. The first-order chi connectivity index (χ1) is 12.4. The number of ether oxygens (including phenoxy) is 1. The van der Waals surface area contributed by atoms with Gasteiger partial charge in [0, 0.05) is 44.1 Å². The fourth-order valence-corrected chi connectivity index (χ4v) is 3.58. The average molecular weight is 342 g/mol. The normalized spacial score (nSPS) is 21.4. The quantitative estimate of drug-likeness (QED) is 0.818. The molecule has 1 saturated heterocycles. The fourth-order valence-electron chi connectivity index (χ4n) is 3.58. The second kappa shape index (κ2) is 6.34. The molecular weight excluding hydrogens is 320 g/mol. The van der Waals surface area contributed by atoms with Crippen LogP contribution in [0.5, 0.6) is 0 Å². The first-order valence-electron chi connectivity index (χ1n) is 9.07. The first kappa shape index (κ1) is 15.2. The fraction of sp³-hybridized carbons (Fsp3) is 0.647. The monoisotopic (exact) mass is 342 g/mol. The molecule has 3 aliphatic rings. The van der Waals surface area contributed by atoms with E-state index in [1.54, 1.807) is 6.33 Å². The van der Waals surface area contributed by atoms with Gasteiger partial charge in [-0.05, 0) is 12.8 Å². The van der Waals surface area contributed by atoms with Gasteiger partial charge in [0.25, 0.3) is 0 Å². The number of aromatic nitrogens is 4. The van der Waals surface area contributed by atoms with Crippen LogP contribution in [-0.4, -0.2) is 57.9 Å². The summed E-state index contributed by atoms with van der Waals surface area (Å²) in [5.74, 6) is 3.09. The van der Waals surface area contributed by atoms with Crippen molar-refractivity contribution in [2.45, 2.75) is 38.3 Å². The Hall–Kier alpha value is -2.06. The van der Waals surface area contributed by atoms with Crippen LogP contribution in [0.2, 0.25) is 0 Å². The van der Waals surface area contributed by atoms with Crippen molar-refractivity contribution >= 4 is 5.82 Å². The third-order valence-corrected chi connectivity index (χ3v) is 5.14. The molecular formula is C17H22N6O2. The van der Waals surface area contributed by atoms with Crippen LogP contribution in [0.4, 0.5) is 5.82 Å². The summed E-state index contributed by atoms with van der Waals surface area (Å²) in [6, 6.07) is 0. The Labute approximate surface area is 146 Å². The molecule has 8 nitrogen and oxygen atoms in total. The molecule has 2 aromatic heterocycles. The van der Waals surface area contributed by atoms with Gasteiger partial charge in [0.1, 0.15) is 12.1 Å². The minimum absolute atomic E-state index is 0.504. The summed E-state index contributed by atoms with van der Waals surface area (Å²) in [7, 11) is 0. The molecule has 0 N–H and O–H groups in total. The van der Waals surface area contributed by atoms with E-state index in [0.717, 1.165) is 69.1 Å². The van der Waals surface area contributed by atoms with Crippen LogP contribution in [0.1, 0.15) is 41.8 Å². The smallest absolute Gasteiger partial charge is 0.230 e. The Morgan fingerprint density at radius 2 is 1.96 bits per heavy atom. The first-order valence-corrected chi connectivity index (χ1v) is 9.07. The van der Waals surface area contributed by atoms with Crippen molar-refractivity contribution in [1.29, 1.82) is 0 Å². The number of anilines is 1. The molecule has 0 atom stereocenters. The zero-order valence-corrected chi connectivity index (χ0v) is 14.2. The van der Waals surface area contributed by atoms with E-state index < -0.39 is 0 Å². The summed E-state index contributed by atoms with van der Waals surface area (Å²) in [5.41, 5.74) is 2.40. The van der Waals surface area contributed by atoms with Crippen LogP contribution in [-0.2, 0) is 24.2 Å². The maximum atomic E-state index is 5.82. The summed E-state index contributed by atoms with van der Waals surface area (Å²) in [4.78, 5) is 13.7. The maximum absolute atomic E-state index is 5.82. The minimum Gasteiger partial charge on any atom is -0.424 e. The van der Waals surface area contributed by atoms with Crippen molar-refractivity contribution in [3.63, 3.8) is 0 Å². The molecule has 2 aliphatic heterocycles. The van der Waals surface area contributed by atoms with Crippen LogP contribution in [0, 0.1) is 0 Å². The number of morpholine rings is 1. The number of fused-ring (bicyclic) bond motifs is 1.